The first-order chi connectivity index (χ1) is 9.76. The summed E-state index contributed by atoms with van der Waals surface area (Å²) >= 11 is 0. The minimum atomic E-state index is -0.181. The Morgan fingerprint density at radius 2 is 2.15 bits per heavy atom. The van der Waals surface area contributed by atoms with E-state index in [9.17, 15) is 9.90 Å². The van der Waals surface area contributed by atoms with Gasteiger partial charge >= 0.3 is 0 Å². The van der Waals surface area contributed by atoms with E-state index in [-0.39, 0.29) is 12.1 Å². The second-order valence-electron chi connectivity index (χ2n) is 5.65. The van der Waals surface area contributed by atoms with E-state index in [1.54, 1.807) is 5.06 Å². The maximum Gasteiger partial charge on any atom is 0.277 e. The van der Waals surface area contributed by atoms with Gasteiger partial charge in [-0.15, -0.1) is 5.06 Å². The second-order valence-corrected chi connectivity index (χ2v) is 5.65. The summed E-state index contributed by atoms with van der Waals surface area (Å²) in [6.45, 7) is 0.737. The molecule has 2 heterocycles. The van der Waals surface area contributed by atoms with Crippen LogP contribution in [0.5, 0.6) is 5.88 Å². The molecule has 1 aromatic heterocycles. The number of nitrogens with zero attached hydrogens (tertiary/aromatic N) is 2. The molecule has 1 aliphatic carbocycles. The quantitative estimate of drug-likeness (QED) is 0.845. The summed E-state index contributed by atoms with van der Waals surface area (Å²) in [7, 11) is 0. The molecule has 110 valence electrons. The lowest BCUT2D eigenvalue weighted by atomic mass is 9.86. The molecule has 20 heavy (non-hydrogen) atoms. The van der Waals surface area contributed by atoms with Gasteiger partial charge in [-0.3, -0.25) is 0 Å². The van der Waals surface area contributed by atoms with Gasteiger partial charge in [-0.05, 0) is 43.7 Å². The molecule has 1 aliphatic heterocycles. The zero-order valence-corrected chi connectivity index (χ0v) is 11.4. The summed E-state index contributed by atoms with van der Waals surface area (Å²) in [5.41, 5.74) is 0. The number of hydroxylamine groups is 2. The molecule has 0 spiro atoms. The molecule has 0 amide bonds. The van der Waals surface area contributed by atoms with Gasteiger partial charge in [-0.25, -0.2) is 0 Å². The normalized spacial score (nSPS) is 31.4. The van der Waals surface area contributed by atoms with Crippen LogP contribution in [0.15, 0.2) is 10.6 Å². The molecule has 0 aromatic carbocycles. The molecule has 6 heteroatoms. The summed E-state index contributed by atoms with van der Waals surface area (Å²) in [4.78, 5) is 16.5. The minimum Gasteiger partial charge on any atom is -0.393 e. The van der Waals surface area contributed by atoms with E-state index in [0.717, 1.165) is 57.1 Å². The van der Waals surface area contributed by atoms with Crippen LogP contribution in [0.3, 0.4) is 0 Å². The van der Waals surface area contributed by atoms with Crippen molar-refractivity contribution < 1.29 is 19.3 Å². The third-order valence-corrected chi connectivity index (χ3v) is 4.22. The largest absolute Gasteiger partial charge is 0.393 e. The van der Waals surface area contributed by atoms with E-state index in [1.165, 1.54) is 0 Å². The number of aliphatic hydroxyl groups is 1. The second kappa shape index (κ2) is 5.93. The highest BCUT2D eigenvalue weighted by Crippen LogP contribution is 2.34. The summed E-state index contributed by atoms with van der Waals surface area (Å²) in [5.74, 6) is 1.54. The number of carbonyl (C=O) groups excluding carboxylic acids is 1. The van der Waals surface area contributed by atoms with Gasteiger partial charge in [0, 0.05) is 18.5 Å². The molecule has 2 fully saturated rings. The molecular formula is C14H20N2O4. The van der Waals surface area contributed by atoms with E-state index in [2.05, 4.69) is 5.16 Å². The van der Waals surface area contributed by atoms with E-state index in [1.807, 2.05) is 6.07 Å². The first kappa shape index (κ1) is 13.6. The van der Waals surface area contributed by atoms with E-state index >= 15 is 0 Å². The average molecular weight is 280 g/mol. The molecule has 6 nitrogen and oxygen atoms in total. The van der Waals surface area contributed by atoms with Crippen LogP contribution in [-0.2, 0) is 4.79 Å². The van der Waals surface area contributed by atoms with Crippen molar-refractivity contribution in [2.75, 3.05) is 6.54 Å². The summed E-state index contributed by atoms with van der Waals surface area (Å²) < 4.78 is 5.35. The fourth-order valence-corrected chi connectivity index (χ4v) is 3.00. The van der Waals surface area contributed by atoms with Crippen molar-refractivity contribution in [1.29, 1.82) is 0 Å². The van der Waals surface area contributed by atoms with Gasteiger partial charge in [0.2, 0.25) is 0 Å². The molecule has 1 atom stereocenters. The van der Waals surface area contributed by atoms with Crippen LogP contribution >= 0.6 is 0 Å². The van der Waals surface area contributed by atoms with Crippen molar-refractivity contribution >= 4 is 6.29 Å². The lowest BCUT2D eigenvalue weighted by molar-refractivity contribution is -0.125. The number of aldehydes is 1. The molecule has 0 bridgehead atoms. The number of rotatable bonds is 4. The number of carbonyl (C=O) groups is 1. The van der Waals surface area contributed by atoms with E-state index in [4.69, 9.17) is 9.36 Å². The average Bonchev–Trinajstić information content (AvgIpc) is 3.09. The van der Waals surface area contributed by atoms with Crippen LogP contribution in [0.25, 0.3) is 0 Å². The van der Waals surface area contributed by atoms with Gasteiger partial charge in [-0.2, -0.15) is 0 Å². The highest BCUT2D eigenvalue weighted by Gasteiger charge is 2.28. The summed E-state index contributed by atoms with van der Waals surface area (Å²) in [6.07, 6.45) is 5.96. The van der Waals surface area contributed by atoms with Gasteiger partial charge < -0.3 is 19.3 Å². The highest BCUT2D eigenvalue weighted by molar-refractivity contribution is 5.57. The van der Waals surface area contributed by atoms with Crippen molar-refractivity contribution in [2.24, 2.45) is 0 Å². The van der Waals surface area contributed by atoms with Crippen LogP contribution in [0.4, 0.5) is 0 Å². The molecule has 1 saturated heterocycles. The van der Waals surface area contributed by atoms with Gasteiger partial charge in [-0.1, -0.05) is 0 Å². The Kier molecular flexibility index (Phi) is 4.03. The standard InChI is InChI=1S/C14H20N2O4/c17-9-11-2-1-7-16(11)20-14-8-13(19-15-14)10-3-5-12(18)6-4-10/h8-12,18H,1-7H2/t10?,11-,12?/m0/s1. The fourth-order valence-electron chi connectivity index (χ4n) is 3.00. The smallest absolute Gasteiger partial charge is 0.277 e. The lowest BCUT2D eigenvalue weighted by Gasteiger charge is -2.22. The SMILES string of the molecule is O=C[C@@H]1CCCN1Oc1cc(C2CCC(O)CC2)on1. The molecule has 1 aromatic rings. The Morgan fingerprint density at radius 3 is 2.90 bits per heavy atom. The van der Waals surface area contributed by atoms with Gasteiger partial charge in [0.15, 0.2) is 0 Å². The highest BCUT2D eigenvalue weighted by atomic mass is 16.7. The first-order valence-corrected chi connectivity index (χ1v) is 7.31. The van der Waals surface area contributed by atoms with Gasteiger partial charge in [0.25, 0.3) is 5.88 Å². The topological polar surface area (TPSA) is 75.8 Å². The fraction of sp³-hybridized carbons (Fsp3) is 0.714. The third-order valence-electron chi connectivity index (χ3n) is 4.22. The Morgan fingerprint density at radius 1 is 1.35 bits per heavy atom. The summed E-state index contributed by atoms with van der Waals surface area (Å²) in [6, 6.07) is 1.63. The first-order valence-electron chi connectivity index (χ1n) is 7.31. The monoisotopic (exact) mass is 280 g/mol. The van der Waals surface area contributed by atoms with Gasteiger partial charge in [0.1, 0.15) is 18.1 Å². The molecule has 0 radical (unpaired) electrons. The van der Waals surface area contributed by atoms with Gasteiger partial charge in [0.05, 0.1) is 6.10 Å². The molecule has 3 rings (SSSR count). The predicted octanol–water partition coefficient (Wildman–Crippen LogP) is 1.65. The molecule has 2 aliphatic rings. The zero-order chi connectivity index (χ0) is 13.9. The maximum absolute atomic E-state index is 10.9. The van der Waals surface area contributed by atoms with Crippen molar-refractivity contribution in [3.8, 4) is 5.88 Å². The van der Waals surface area contributed by atoms with Crippen molar-refractivity contribution in [3.05, 3.63) is 11.8 Å². The zero-order valence-electron chi connectivity index (χ0n) is 11.4. The Bertz CT molecular complexity index is 454. The van der Waals surface area contributed by atoms with Crippen LogP contribution < -0.4 is 4.84 Å². The number of aromatic nitrogens is 1. The van der Waals surface area contributed by atoms with Crippen LogP contribution in [0, 0.1) is 0 Å². The third kappa shape index (κ3) is 2.86. The Hall–Kier alpha value is -1.40. The Labute approximate surface area is 117 Å². The van der Waals surface area contributed by atoms with E-state index < -0.39 is 0 Å². The molecule has 1 N–H and O–H groups in total. The van der Waals surface area contributed by atoms with Crippen molar-refractivity contribution in [1.82, 2.24) is 10.2 Å². The van der Waals surface area contributed by atoms with Crippen LogP contribution in [0.1, 0.15) is 50.2 Å². The van der Waals surface area contributed by atoms with Crippen LogP contribution in [0.2, 0.25) is 0 Å². The van der Waals surface area contributed by atoms with Crippen LogP contribution in [-0.4, -0.2) is 40.3 Å². The maximum atomic E-state index is 10.9. The number of hydrogen-bond acceptors (Lipinski definition) is 6. The van der Waals surface area contributed by atoms with Crippen molar-refractivity contribution in [3.63, 3.8) is 0 Å². The molecule has 0 unspecified atom stereocenters. The van der Waals surface area contributed by atoms with E-state index in [0.29, 0.717) is 11.8 Å². The van der Waals surface area contributed by atoms with Crippen molar-refractivity contribution in [2.45, 2.75) is 56.6 Å². The molecular weight excluding hydrogens is 260 g/mol. The lowest BCUT2D eigenvalue weighted by Crippen LogP contribution is -2.33. The summed E-state index contributed by atoms with van der Waals surface area (Å²) in [5, 5.41) is 15.1. The molecule has 1 saturated carbocycles. The Balaban J connectivity index is 1.60. The minimum absolute atomic E-state index is 0.178. The number of hydrogen-bond donors (Lipinski definition) is 1. The number of aliphatic hydroxyl groups excluding tert-OH is 1. The predicted molar refractivity (Wildman–Crippen MR) is 70.1 cm³/mol.